The number of hydrogen-bond acceptors (Lipinski definition) is 3. The van der Waals surface area contributed by atoms with Crippen molar-refractivity contribution >= 4 is 17.7 Å². The molecule has 4 N–H and O–H groups in total. The predicted molar refractivity (Wildman–Crippen MR) is 66.7 cm³/mol. The van der Waals surface area contributed by atoms with Crippen molar-refractivity contribution < 1.29 is 33.0 Å². The van der Waals surface area contributed by atoms with Crippen LogP contribution in [0.2, 0.25) is 0 Å². The monoisotopic (exact) mass is 306 g/mol. The number of carbonyl (C=O) groups is 2. The first-order valence-electron chi connectivity index (χ1n) is 5.82. The average Bonchev–Trinajstić information content (AvgIpc) is 2.37. The van der Waals surface area contributed by atoms with E-state index in [1.165, 1.54) is 6.07 Å². The lowest BCUT2D eigenvalue weighted by atomic mass is 10.2. The molecule has 9 heteroatoms. The highest BCUT2D eigenvalue weighted by Crippen LogP contribution is 2.30. The summed E-state index contributed by atoms with van der Waals surface area (Å²) in [5, 5.41) is 21.6. The molecule has 1 atom stereocenters. The number of benzene rings is 1. The molecule has 2 amide bonds. The van der Waals surface area contributed by atoms with E-state index >= 15 is 0 Å². The van der Waals surface area contributed by atoms with Gasteiger partial charge in [0.25, 0.3) is 0 Å². The number of carbonyl (C=O) groups excluding carboxylic acids is 1. The Balaban J connectivity index is 2.73. The average molecular weight is 306 g/mol. The Morgan fingerprint density at radius 2 is 1.95 bits per heavy atom. The molecule has 0 saturated carbocycles. The molecule has 0 aliphatic rings. The smallest absolute Gasteiger partial charge is 0.416 e. The van der Waals surface area contributed by atoms with E-state index in [0.29, 0.717) is 0 Å². The summed E-state index contributed by atoms with van der Waals surface area (Å²) in [5.41, 5.74) is -1.07. The Bertz CT molecular complexity index is 519. The molecule has 0 radical (unpaired) electrons. The molecule has 1 aromatic rings. The Kier molecular flexibility index (Phi) is 5.53. The SMILES string of the molecule is O=C(Nc1cccc(C(F)(F)F)c1)N[C@@H](CCO)C(=O)O. The molecule has 0 bridgehead atoms. The molecule has 0 fully saturated rings. The number of aliphatic hydroxyl groups is 1. The fourth-order valence-corrected chi connectivity index (χ4v) is 1.49. The predicted octanol–water partition coefficient (Wildman–Crippen LogP) is 1.66. The molecule has 1 aromatic carbocycles. The number of nitrogens with one attached hydrogen (secondary N) is 2. The molecular weight excluding hydrogens is 293 g/mol. The summed E-state index contributed by atoms with van der Waals surface area (Å²) in [4.78, 5) is 22.3. The number of urea groups is 1. The maximum Gasteiger partial charge on any atom is 0.416 e. The van der Waals surface area contributed by atoms with Crippen LogP contribution in [-0.4, -0.2) is 34.9 Å². The minimum atomic E-state index is -4.55. The van der Waals surface area contributed by atoms with Gasteiger partial charge in [-0.2, -0.15) is 13.2 Å². The van der Waals surface area contributed by atoms with Gasteiger partial charge in [-0.3, -0.25) is 0 Å². The Morgan fingerprint density at radius 1 is 1.29 bits per heavy atom. The van der Waals surface area contributed by atoms with Crippen LogP contribution in [0.4, 0.5) is 23.7 Å². The Morgan fingerprint density at radius 3 is 2.48 bits per heavy atom. The van der Waals surface area contributed by atoms with Crippen LogP contribution < -0.4 is 10.6 Å². The topological polar surface area (TPSA) is 98.7 Å². The van der Waals surface area contributed by atoms with E-state index in [9.17, 15) is 22.8 Å². The highest BCUT2D eigenvalue weighted by Gasteiger charge is 2.30. The molecule has 0 aliphatic carbocycles. The Labute approximate surface area is 117 Å². The maximum absolute atomic E-state index is 12.5. The van der Waals surface area contributed by atoms with Crippen molar-refractivity contribution in [2.24, 2.45) is 0 Å². The van der Waals surface area contributed by atoms with Crippen LogP contribution in [0.5, 0.6) is 0 Å². The highest BCUT2D eigenvalue weighted by molar-refractivity contribution is 5.92. The molecule has 21 heavy (non-hydrogen) atoms. The lowest BCUT2D eigenvalue weighted by Crippen LogP contribution is -2.43. The molecule has 1 rings (SSSR count). The van der Waals surface area contributed by atoms with E-state index in [-0.39, 0.29) is 12.1 Å². The lowest BCUT2D eigenvalue weighted by molar-refractivity contribution is -0.139. The van der Waals surface area contributed by atoms with Crippen molar-refractivity contribution in [3.05, 3.63) is 29.8 Å². The van der Waals surface area contributed by atoms with Crippen molar-refractivity contribution in [1.29, 1.82) is 0 Å². The quantitative estimate of drug-likeness (QED) is 0.665. The number of hydrogen-bond donors (Lipinski definition) is 4. The van der Waals surface area contributed by atoms with Crippen LogP contribution in [0.25, 0.3) is 0 Å². The number of aliphatic carboxylic acids is 1. The van der Waals surface area contributed by atoms with Crippen molar-refractivity contribution in [1.82, 2.24) is 5.32 Å². The molecule has 0 heterocycles. The van der Waals surface area contributed by atoms with Crippen molar-refractivity contribution in [2.45, 2.75) is 18.6 Å². The second-order valence-corrected chi connectivity index (χ2v) is 4.08. The van der Waals surface area contributed by atoms with E-state index in [1.807, 2.05) is 5.32 Å². The van der Waals surface area contributed by atoms with Crippen LogP contribution >= 0.6 is 0 Å². The molecule has 116 valence electrons. The van der Waals surface area contributed by atoms with E-state index in [2.05, 4.69) is 5.32 Å². The normalized spacial score (nSPS) is 12.6. The van der Waals surface area contributed by atoms with E-state index in [4.69, 9.17) is 10.2 Å². The third-order valence-corrected chi connectivity index (χ3v) is 2.47. The van der Waals surface area contributed by atoms with Crippen LogP contribution in [0.15, 0.2) is 24.3 Å². The van der Waals surface area contributed by atoms with Gasteiger partial charge in [0.2, 0.25) is 0 Å². The van der Waals surface area contributed by atoms with Crippen molar-refractivity contribution in [3.8, 4) is 0 Å². The summed E-state index contributed by atoms with van der Waals surface area (Å²) in [6, 6.07) is 1.60. The second-order valence-electron chi connectivity index (χ2n) is 4.08. The number of aliphatic hydroxyl groups excluding tert-OH is 1. The number of anilines is 1. The number of halogens is 3. The van der Waals surface area contributed by atoms with Gasteiger partial charge in [-0.05, 0) is 18.2 Å². The van der Waals surface area contributed by atoms with Crippen molar-refractivity contribution in [2.75, 3.05) is 11.9 Å². The zero-order valence-electron chi connectivity index (χ0n) is 10.6. The summed E-state index contributed by atoms with van der Waals surface area (Å²) in [6.07, 6.45) is -4.76. The number of rotatable bonds is 5. The summed E-state index contributed by atoms with van der Waals surface area (Å²) in [7, 11) is 0. The van der Waals surface area contributed by atoms with Gasteiger partial charge < -0.3 is 20.8 Å². The van der Waals surface area contributed by atoms with E-state index in [1.54, 1.807) is 0 Å². The summed E-state index contributed by atoms with van der Waals surface area (Å²) < 4.78 is 37.5. The number of carboxylic acids is 1. The number of alkyl halides is 3. The standard InChI is InChI=1S/C12H13F3N2O4/c13-12(14,15)7-2-1-3-8(6-7)16-11(21)17-9(4-5-18)10(19)20/h1-3,6,9,18H,4-5H2,(H,19,20)(H2,16,17,21)/t9-/m0/s1. The summed E-state index contributed by atoms with van der Waals surface area (Å²) in [6.45, 7) is -0.458. The van der Waals surface area contributed by atoms with Gasteiger partial charge in [-0.25, -0.2) is 9.59 Å². The minimum absolute atomic E-state index is 0.129. The van der Waals surface area contributed by atoms with Crippen LogP contribution in [0, 0.1) is 0 Å². The molecule has 0 aromatic heterocycles. The van der Waals surface area contributed by atoms with Gasteiger partial charge in [-0.1, -0.05) is 6.07 Å². The third kappa shape index (κ3) is 5.30. The first-order valence-corrected chi connectivity index (χ1v) is 5.82. The summed E-state index contributed by atoms with van der Waals surface area (Å²) >= 11 is 0. The molecule has 0 spiro atoms. The maximum atomic E-state index is 12.5. The molecule has 0 unspecified atom stereocenters. The van der Waals surface area contributed by atoms with Gasteiger partial charge in [-0.15, -0.1) is 0 Å². The van der Waals surface area contributed by atoms with Gasteiger partial charge in [0.05, 0.1) is 5.56 Å². The van der Waals surface area contributed by atoms with Gasteiger partial charge in [0.1, 0.15) is 6.04 Å². The van der Waals surface area contributed by atoms with Crippen LogP contribution in [0.3, 0.4) is 0 Å². The first kappa shape index (κ1) is 16.8. The van der Waals surface area contributed by atoms with Crippen LogP contribution in [-0.2, 0) is 11.0 Å². The zero-order chi connectivity index (χ0) is 16.0. The molecular formula is C12H13F3N2O4. The van der Waals surface area contributed by atoms with Gasteiger partial charge in [0, 0.05) is 18.7 Å². The van der Waals surface area contributed by atoms with Crippen molar-refractivity contribution in [3.63, 3.8) is 0 Å². The fraction of sp³-hybridized carbons (Fsp3) is 0.333. The largest absolute Gasteiger partial charge is 0.480 e. The fourth-order valence-electron chi connectivity index (χ4n) is 1.49. The minimum Gasteiger partial charge on any atom is -0.480 e. The number of carboxylic acid groups (broad SMARTS) is 1. The lowest BCUT2D eigenvalue weighted by Gasteiger charge is -2.14. The molecule has 6 nitrogen and oxygen atoms in total. The Hall–Kier alpha value is -2.29. The molecule has 0 saturated heterocycles. The van der Waals surface area contributed by atoms with Gasteiger partial charge in [0.15, 0.2) is 0 Å². The zero-order valence-corrected chi connectivity index (χ0v) is 10.6. The van der Waals surface area contributed by atoms with Gasteiger partial charge >= 0.3 is 18.2 Å². The first-order chi connectivity index (χ1) is 9.74. The highest BCUT2D eigenvalue weighted by atomic mass is 19.4. The third-order valence-electron chi connectivity index (χ3n) is 2.47. The number of amides is 2. The van der Waals surface area contributed by atoms with E-state index in [0.717, 1.165) is 18.2 Å². The van der Waals surface area contributed by atoms with E-state index < -0.39 is 36.4 Å². The second kappa shape index (κ2) is 6.93. The molecule has 0 aliphatic heterocycles. The van der Waals surface area contributed by atoms with Crippen LogP contribution in [0.1, 0.15) is 12.0 Å². The summed E-state index contributed by atoms with van der Waals surface area (Å²) in [5.74, 6) is -1.36.